The van der Waals surface area contributed by atoms with Gasteiger partial charge in [0.1, 0.15) is 0 Å². The van der Waals surface area contributed by atoms with Crippen LogP contribution in [0.15, 0.2) is 0 Å². The summed E-state index contributed by atoms with van der Waals surface area (Å²) in [5.74, 6) is 8.00. The highest BCUT2D eigenvalue weighted by Crippen LogP contribution is 2.09. The van der Waals surface area contributed by atoms with Crippen molar-refractivity contribution in [3.8, 4) is 0 Å². The van der Waals surface area contributed by atoms with Gasteiger partial charge in [-0.15, -0.1) is 0 Å². The normalized spacial score (nSPS) is 10.8. The molecule has 0 aromatic carbocycles. The summed E-state index contributed by atoms with van der Waals surface area (Å²) in [5.41, 5.74) is 0. The van der Waals surface area contributed by atoms with Crippen LogP contribution >= 0.6 is 0 Å². The Labute approximate surface area is 153 Å². The highest BCUT2D eigenvalue weighted by molar-refractivity contribution is 4.60. The zero-order valence-corrected chi connectivity index (χ0v) is 17.3. The minimum Gasteiger partial charge on any atom is -0.303 e. The third kappa shape index (κ3) is 21.9. The molecule has 0 fully saturated rings. The van der Waals surface area contributed by atoms with Gasteiger partial charge in [0, 0.05) is 0 Å². The summed E-state index contributed by atoms with van der Waals surface area (Å²) in [5, 5.41) is 0. The predicted octanol–water partition coefficient (Wildman–Crippen LogP) is 6.02. The second-order valence-corrected chi connectivity index (χ2v) is 7.08. The molecule has 0 saturated heterocycles. The molecule has 3 nitrogen and oxygen atoms in total. The van der Waals surface area contributed by atoms with Crippen molar-refractivity contribution in [1.29, 1.82) is 0 Å². The van der Waals surface area contributed by atoms with Crippen LogP contribution in [0.25, 0.3) is 0 Å². The molecule has 148 valence electrons. The molecule has 3 heteroatoms. The predicted molar refractivity (Wildman–Crippen MR) is 111 cm³/mol. The van der Waals surface area contributed by atoms with Crippen LogP contribution in [0, 0.1) is 0 Å². The van der Waals surface area contributed by atoms with Crippen molar-refractivity contribution in [2.75, 3.05) is 19.6 Å². The highest BCUT2D eigenvalue weighted by atomic mass is 15.1. The van der Waals surface area contributed by atoms with E-state index in [9.17, 15) is 0 Å². The minimum absolute atomic E-state index is 1.35. The van der Waals surface area contributed by atoms with Crippen molar-refractivity contribution in [2.45, 2.75) is 117 Å². The van der Waals surface area contributed by atoms with E-state index in [0.717, 1.165) is 0 Å². The zero-order chi connectivity index (χ0) is 18.3. The van der Waals surface area contributed by atoms with Crippen LogP contribution in [-0.4, -0.2) is 24.5 Å². The lowest BCUT2D eigenvalue weighted by atomic mass is 10.1. The van der Waals surface area contributed by atoms with Gasteiger partial charge in [0.05, 0.1) is 0 Å². The first-order valence-electron chi connectivity index (χ1n) is 10.9. The third-order valence-electron chi connectivity index (χ3n) is 4.73. The van der Waals surface area contributed by atoms with Gasteiger partial charge in [-0.3, -0.25) is 11.7 Å². The summed E-state index contributed by atoms with van der Waals surface area (Å²) in [6.07, 6.45) is 21.3. The molecule has 0 atom stereocenters. The Hall–Kier alpha value is -0.120. The lowest BCUT2D eigenvalue weighted by Gasteiger charge is -2.22. The first-order valence-corrected chi connectivity index (χ1v) is 10.9. The molecule has 0 radical (unpaired) electrons. The van der Waals surface area contributed by atoms with E-state index >= 15 is 0 Å². The molecule has 0 aliphatic carbocycles. The lowest BCUT2D eigenvalue weighted by molar-refractivity contribution is 0.254. The zero-order valence-electron chi connectivity index (χ0n) is 17.3. The van der Waals surface area contributed by atoms with Gasteiger partial charge >= 0.3 is 0 Å². The van der Waals surface area contributed by atoms with E-state index in [1.54, 1.807) is 0 Å². The smallest absolute Gasteiger partial charge is 0.00187 e. The Bertz CT molecular complexity index is 164. The number of rotatable bonds is 18. The molecule has 0 heterocycles. The number of hydrazine groups is 1. The average molecular weight is 344 g/mol. The molecule has 0 bridgehead atoms. The molecule has 0 saturated carbocycles. The standard InChI is InChI=1S/C21H45N.H4N2/c1-4-7-10-13-16-19-22(20-17-14-11-8-5-2)21-18-15-12-9-6-3;1-2/h4-21H2,1-3H3;1-2H2. The van der Waals surface area contributed by atoms with Crippen LogP contribution in [0.5, 0.6) is 0 Å². The molecule has 0 unspecified atom stereocenters. The third-order valence-corrected chi connectivity index (χ3v) is 4.73. The summed E-state index contributed by atoms with van der Waals surface area (Å²) in [7, 11) is 0. The maximum absolute atomic E-state index is 4.00. The molecule has 0 spiro atoms. The molecule has 0 aliphatic heterocycles. The number of unbranched alkanes of at least 4 members (excludes halogenated alkanes) is 12. The SMILES string of the molecule is CCCCCCCN(CCCCCCC)CCCCCCC.NN. The van der Waals surface area contributed by atoms with Crippen LogP contribution in [0.4, 0.5) is 0 Å². The van der Waals surface area contributed by atoms with E-state index in [4.69, 9.17) is 0 Å². The summed E-state index contributed by atoms with van der Waals surface area (Å²) in [6.45, 7) is 11.0. The number of nitrogens with two attached hydrogens (primary N) is 2. The highest BCUT2D eigenvalue weighted by Gasteiger charge is 2.04. The van der Waals surface area contributed by atoms with Crippen LogP contribution in [0.1, 0.15) is 117 Å². The van der Waals surface area contributed by atoms with Gasteiger partial charge in [0.25, 0.3) is 0 Å². The Morgan fingerprint density at radius 3 is 0.917 bits per heavy atom. The second kappa shape index (κ2) is 25.1. The van der Waals surface area contributed by atoms with Gasteiger partial charge < -0.3 is 4.90 Å². The molecule has 24 heavy (non-hydrogen) atoms. The van der Waals surface area contributed by atoms with Crippen LogP contribution in [0.3, 0.4) is 0 Å². The Kier molecular flexibility index (Phi) is 27.3. The van der Waals surface area contributed by atoms with Gasteiger partial charge in [0.15, 0.2) is 0 Å². The fourth-order valence-corrected chi connectivity index (χ4v) is 3.15. The molecular weight excluding hydrogens is 294 g/mol. The topological polar surface area (TPSA) is 55.3 Å². The summed E-state index contributed by atoms with van der Waals surface area (Å²) >= 11 is 0. The minimum atomic E-state index is 1.35. The Balaban J connectivity index is 0. The van der Waals surface area contributed by atoms with Crippen molar-refractivity contribution in [2.24, 2.45) is 11.7 Å². The molecule has 0 aromatic rings. The molecule has 0 amide bonds. The summed E-state index contributed by atoms with van der Waals surface area (Å²) < 4.78 is 0. The van der Waals surface area contributed by atoms with E-state index in [2.05, 4.69) is 37.4 Å². The molecule has 0 aliphatic rings. The van der Waals surface area contributed by atoms with Crippen LogP contribution < -0.4 is 11.7 Å². The van der Waals surface area contributed by atoms with Crippen molar-refractivity contribution in [3.63, 3.8) is 0 Å². The summed E-state index contributed by atoms with van der Waals surface area (Å²) in [4.78, 5) is 2.77. The van der Waals surface area contributed by atoms with E-state index in [1.165, 1.54) is 116 Å². The van der Waals surface area contributed by atoms with Gasteiger partial charge in [-0.2, -0.15) is 0 Å². The quantitative estimate of drug-likeness (QED) is 0.182. The van der Waals surface area contributed by atoms with Gasteiger partial charge in [-0.05, 0) is 38.9 Å². The Morgan fingerprint density at radius 1 is 0.417 bits per heavy atom. The van der Waals surface area contributed by atoms with Gasteiger partial charge in [-0.1, -0.05) is 97.8 Å². The monoisotopic (exact) mass is 343 g/mol. The lowest BCUT2D eigenvalue weighted by Crippen LogP contribution is -2.27. The first-order chi connectivity index (χ1) is 11.8. The van der Waals surface area contributed by atoms with Crippen molar-refractivity contribution < 1.29 is 0 Å². The second-order valence-electron chi connectivity index (χ2n) is 7.08. The number of nitrogens with zero attached hydrogens (tertiary/aromatic N) is 1. The Morgan fingerprint density at radius 2 is 0.667 bits per heavy atom. The fourth-order valence-electron chi connectivity index (χ4n) is 3.15. The van der Waals surface area contributed by atoms with E-state index in [-0.39, 0.29) is 0 Å². The maximum Gasteiger partial charge on any atom is -0.00187 e. The van der Waals surface area contributed by atoms with Gasteiger partial charge in [-0.25, -0.2) is 0 Å². The van der Waals surface area contributed by atoms with E-state index in [0.29, 0.717) is 0 Å². The van der Waals surface area contributed by atoms with Crippen molar-refractivity contribution >= 4 is 0 Å². The average Bonchev–Trinajstić information content (AvgIpc) is 2.62. The van der Waals surface area contributed by atoms with E-state index < -0.39 is 0 Å². The van der Waals surface area contributed by atoms with Crippen molar-refractivity contribution in [3.05, 3.63) is 0 Å². The maximum atomic E-state index is 4.00. The molecule has 4 N–H and O–H groups in total. The largest absolute Gasteiger partial charge is 0.303 e. The molecule has 0 aromatic heterocycles. The van der Waals surface area contributed by atoms with Crippen LogP contribution in [-0.2, 0) is 0 Å². The van der Waals surface area contributed by atoms with Gasteiger partial charge in [0.2, 0.25) is 0 Å². The first kappa shape index (κ1) is 26.1. The number of hydrogen-bond acceptors (Lipinski definition) is 3. The van der Waals surface area contributed by atoms with Crippen molar-refractivity contribution in [1.82, 2.24) is 4.90 Å². The fraction of sp³-hybridized carbons (Fsp3) is 1.00. The van der Waals surface area contributed by atoms with Crippen LogP contribution in [0.2, 0.25) is 0 Å². The molecule has 0 rings (SSSR count). The molecular formula is C21H49N3. The number of hydrogen-bond donors (Lipinski definition) is 2. The summed E-state index contributed by atoms with van der Waals surface area (Å²) in [6, 6.07) is 0. The van der Waals surface area contributed by atoms with E-state index in [1.807, 2.05) is 0 Å².